The Morgan fingerprint density at radius 2 is 2.22 bits per heavy atom. The van der Waals surface area contributed by atoms with Gasteiger partial charge in [0.05, 0.1) is 23.6 Å². The number of morpholine rings is 1. The molecular weight excluding hydrogens is 344 g/mol. The lowest BCUT2D eigenvalue weighted by molar-refractivity contribution is -0.122. The van der Waals surface area contributed by atoms with Crippen molar-refractivity contribution in [3.8, 4) is 0 Å². The van der Waals surface area contributed by atoms with Gasteiger partial charge in [-0.05, 0) is 18.1 Å². The molecule has 0 spiro atoms. The topological polar surface area (TPSA) is 87.3 Å². The lowest BCUT2D eigenvalue weighted by Gasteiger charge is -2.33. The van der Waals surface area contributed by atoms with Gasteiger partial charge in [0.15, 0.2) is 0 Å². The maximum Gasteiger partial charge on any atom is 0.258 e. The average molecular weight is 372 g/mol. The zero-order valence-electron chi connectivity index (χ0n) is 16.0. The second-order valence-electron chi connectivity index (χ2n) is 7.48. The summed E-state index contributed by atoms with van der Waals surface area (Å²) in [6, 6.07) is 7.20. The Morgan fingerprint density at radius 3 is 3.04 bits per heavy atom. The van der Waals surface area contributed by atoms with Gasteiger partial charge in [-0.3, -0.25) is 14.5 Å². The maximum absolute atomic E-state index is 12.2. The third kappa shape index (κ3) is 5.61. The molecule has 0 unspecified atom stereocenters. The fourth-order valence-corrected chi connectivity index (χ4v) is 3.39. The van der Waals surface area contributed by atoms with Crippen LogP contribution in [0, 0.1) is 5.92 Å². The van der Waals surface area contributed by atoms with Crippen LogP contribution in [-0.2, 0) is 16.0 Å². The van der Waals surface area contributed by atoms with Crippen molar-refractivity contribution in [1.29, 1.82) is 0 Å². The number of nitrogens with one attached hydrogen (secondary N) is 2. The van der Waals surface area contributed by atoms with Crippen molar-refractivity contribution in [1.82, 2.24) is 20.2 Å². The molecule has 1 aliphatic rings. The smallest absolute Gasteiger partial charge is 0.258 e. The van der Waals surface area contributed by atoms with Crippen molar-refractivity contribution < 1.29 is 9.53 Å². The monoisotopic (exact) mass is 372 g/mol. The van der Waals surface area contributed by atoms with E-state index in [9.17, 15) is 9.59 Å². The molecule has 7 nitrogen and oxygen atoms in total. The van der Waals surface area contributed by atoms with Gasteiger partial charge in [-0.25, -0.2) is 4.98 Å². The van der Waals surface area contributed by atoms with Crippen LogP contribution in [0.15, 0.2) is 29.1 Å². The van der Waals surface area contributed by atoms with Crippen LogP contribution in [-0.4, -0.2) is 59.7 Å². The molecule has 1 fully saturated rings. The third-order valence-corrected chi connectivity index (χ3v) is 4.62. The predicted molar refractivity (Wildman–Crippen MR) is 105 cm³/mol. The van der Waals surface area contributed by atoms with Crippen LogP contribution >= 0.6 is 0 Å². The summed E-state index contributed by atoms with van der Waals surface area (Å²) in [6.07, 6.45) is 0.709. The average Bonchev–Trinajstić information content (AvgIpc) is 2.64. The SMILES string of the molecule is CC(C)CN1CCO[C@H](CNC(=O)CCc2nc3ccccc3c(=O)[nH]2)C1. The fourth-order valence-electron chi connectivity index (χ4n) is 3.39. The molecular formula is C20H28N4O3. The molecule has 2 N–H and O–H groups in total. The first-order chi connectivity index (χ1) is 13.0. The number of amides is 1. The van der Waals surface area contributed by atoms with Crippen molar-refractivity contribution in [2.75, 3.05) is 32.8 Å². The summed E-state index contributed by atoms with van der Waals surface area (Å²) in [5.74, 6) is 1.09. The minimum Gasteiger partial charge on any atom is -0.374 e. The molecule has 3 rings (SSSR count). The van der Waals surface area contributed by atoms with Gasteiger partial charge in [-0.15, -0.1) is 0 Å². The summed E-state index contributed by atoms with van der Waals surface area (Å²) in [5.41, 5.74) is 0.481. The molecule has 1 amide bonds. The number of H-pyrrole nitrogens is 1. The zero-order chi connectivity index (χ0) is 19.2. The molecule has 0 aliphatic carbocycles. The number of aromatic amines is 1. The van der Waals surface area contributed by atoms with Gasteiger partial charge in [0.1, 0.15) is 5.82 Å². The summed E-state index contributed by atoms with van der Waals surface area (Å²) >= 11 is 0. The molecule has 1 aromatic heterocycles. The van der Waals surface area contributed by atoms with E-state index in [1.165, 1.54) is 0 Å². The Labute approximate surface area is 159 Å². The van der Waals surface area contributed by atoms with E-state index in [4.69, 9.17) is 4.74 Å². The third-order valence-electron chi connectivity index (χ3n) is 4.62. The van der Waals surface area contributed by atoms with Crippen LogP contribution in [0.1, 0.15) is 26.1 Å². The van der Waals surface area contributed by atoms with Crippen molar-refractivity contribution in [2.24, 2.45) is 5.92 Å². The first-order valence-electron chi connectivity index (χ1n) is 9.60. The van der Waals surface area contributed by atoms with Crippen molar-refractivity contribution in [3.05, 3.63) is 40.4 Å². The molecule has 1 aromatic carbocycles. The number of aromatic nitrogens is 2. The van der Waals surface area contributed by atoms with Crippen molar-refractivity contribution in [3.63, 3.8) is 0 Å². The van der Waals surface area contributed by atoms with Crippen LogP contribution < -0.4 is 10.9 Å². The molecule has 0 bridgehead atoms. The van der Waals surface area contributed by atoms with Crippen molar-refractivity contribution in [2.45, 2.75) is 32.8 Å². The van der Waals surface area contributed by atoms with E-state index in [2.05, 4.69) is 34.0 Å². The van der Waals surface area contributed by atoms with Crippen LogP contribution in [0.2, 0.25) is 0 Å². The second-order valence-corrected chi connectivity index (χ2v) is 7.48. The van der Waals surface area contributed by atoms with E-state index in [1.54, 1.807) is 12.1 Å². The van der Waals surface area contributed by atoms with E-state index in [-0.39, 0.29) is 24.0 Å². The Hall–Kier alpha value is -2.25. The van der Waals surface area contributed by atoms with E-state index in [1.807, 2.05) is 12.1 Å². The first-order valence-corrected chi connectivity index (χ1v) is 9.60. The number of carbonyl (C=O) groups is 1. The van der Waals surface area contributed by atoms with Gasteiger partial charge in [0.25, 0.3) is 5.56 Å². The minimum absolute atomic E-state index is 0.0278. The molecule has 1 atom stereocenters. The molecule has 7 heteroatoms. The number of para-hydroxylation sites is 1. The van der Waals surface area contributed by atoms with E-state index >= 15 is 0 Å². The number of nitrogens with zero attached hydrogens (tertiary/aromatic N) is 2. The number of aryl methyl sites for hydroxylation is 1. The number of carbonyl (C=O) groups excluding carboxylic acids is 1. The normalized spacial score (nSPS) is 18.1. The Balaban J connectivity index is 1.47. The Morgan fingerprint density at radius 1 is 1.41 bits per heavy atom. The van der Waals surface area contributed by atoms with Gasteiger partial charge < -0.3 is 15.0 Å². The Bertz CT molecular complexity index is 833. The van der Waals surface area contributed by atoms with Gasteiger partial charge in [0.2, 0.25) is 5.91 Å². The number of hydrogen-bond acceptors (Lipinski definition) is 5. The Kier molecular flexibility index (Phi) is 6.58. The van der Waals surface area contributed by atoms with Crippen LogP contribution in [0.3, 0.4) is 0 Å². The van der Waals surface area contributed by atoms with Crippen LogP contribution in [0.5, 0.6) is 0 Å². The standard InChI is InChI=1S/C20H28N4O3/c1-14(2)12-24-9-10-27-15(13-24)11-21-19(25)8-7-18-22-17-6-4-3-5-16(17)20(26)23-18/h3-6,14-15H,7-13H2,1-2H3,(H,21,25)(H,22,23,26)/t15-/m1/s1. The molecule has 1 aliphatic heterocycles. The van der Waals surface area contributed by atoms with Gasteiger partial charge in [-0.2, -0.15) is 0 Å². The summed E-state index contributed by atoms with van der Waals surface area (Å²) in [4.78, 5) is 33.8. The molecule has 146 valence electrons. The summed E-state index contributed by atoms with van der Waals surface area (Å²) < 4.78 is 5.75. The lowest BCUT2D eigenvalue weighted by Crippen LogP contribution is -2.48. The fraction of sp³-hybridized carbons (Fsp3) is 0.550. The quantitative estimate of drug-likeness (QED) is 0.766. The molecule has 0 radical (unpaired) electrons. The number of rotatable bonds is 7. The van der Waals surface area contributed by atoms with Gasteiger partial charge >= 0.3 is 0 Å². The first kappa shape index (κ1) is 19.5. The maximum atomic E-state index is 12.2. The molecule has 27 heavy (non-hydrogen) atoms. The zero-order valence-corrected chi connectivity index (χ0v) is 16.0. The molecule has 2 aromatic rings. The van der Waals surface area contributed by atoms with E-state index < -0.39 is 0 Å². The second kappa shape index (κ2) is 9.10. The van der Waals surface area contributed by atoms with Gasteiger partial charge in [0, 0.05) is 39.0 Å². The van der Waals surface area contributed by atoms with Crippen LogP contribution in [0.25, 0.3) is 10.9 Å². The molecule has 1 saturated heterocycles. The van der Waals surface area contributed by atoms with Crippen LogP contribution in [0.4, 0.5) is 0 Å². The largest absolute Gasteiger partial charge is 0.374 e. The summed E-state index contributed by atoms with van der Waals surface area (Å²) in [5, 5.41) is 3.50. The lowest BCUT2D eigenvalue weighted by atomic mass is 10.1. The molecule has 2 heterocycles. The number of hydrogen-bond donors (Lipinski definition) is 2. The number of benzene rings is 1. The highest BCUT2D eigenvalue weighted by molar-refractivity contribution is 5.78. The predicted octanol–water partition coefficient (Wildman–Crippen LogP) is 1.33. The van der Waals surface area contributed by atoms with Gasteiger partial charge in [-0.1, -0.05) is 26.0 Å². The number of ether oxygens (including phenoxy) is 1. The highest BCUT2D eigenvalue weighted by Gasteiger charge is 2.21. The van der Waals surface area contributed by atoms with E-state index in [0.29, 0.717) is 42.2 Å². The number of fused-ring (bicyclic) bond motifs is 1. The molecule has 0 saturated carbocycles. The summed E-state index contributed by atoms with van der Waals surface area (Å²) in [6.45, 7) is 8.47. The highest BCUT2D eigenvalue weighted by Crippen LogP contribution is 2.08. The van der Waals surface area contributed by atoms with Crippen molar-refractivity contribution >= 4 is 16.8 Å². The summed E-state index contributed by atoms with van der Waals surface area (Å²) in [7, 11) is 0. The minimum atomic E-state index is -0.170. The van der Waals surface area contributed by atoms with E-state index in [0.717, 1.165) is 19.6 Å². The highest BCUT2D eigenvalue weighted by atomic mass is 16.5.